The van der Waals surface area contributed by atoms with Crippen LogP contribution in [0, 0.1) is 5.82 Å². The lowest BCUT2D eigenvalue weighted by Gasteiger charge is -2.33. The third-order valence-corrected chi connectivity index (χ3v) is 9.48. The van der Waals surface area contributed by atoms with Crippen LogP contribution in [0.15, 0.2) is 48.1 Å². The van der Waals surface area contributed by atoms with Gasteiger partial charge in [-0.3, -0.25) is 9.47 Å². The Hall–Kier alpha value is -2.86. The van der Waals surface area contributed by atoms with Crippen molar-refractivity contribution < 1.29 is 17.9 Å². The Labute approximate surface area is 219 Å². The van der Waals surface area contributed by atoms with Crippen molar-refractivity contribution in [1.82, 2.24) is 19.4 Å². The number of thiazole rings is 1. The summed E-state index contributed by atoms with van der Waals surface area (Å²) in [6.45, 7) is 1.23. The summed E-state index contributed by atoms with van der Waals surface area (Å²) in [5, 5.41) is 16.2. The maximum Gasteiger partial charge on any atom is 0.195 e. The molecule has 3 aromatic heterocycles. The molecule has 1 fully saturated rings. The zero-order chi connectivity index (χ0) is 26.0. The van der Waals surface area contributed by atoms with E-state index in [9.17, 15) is 17.9 Å². The van der Waals surface area contributed by atoms with Gasteiger partial charge in [-0.25, -0.2) is 22.8 Å². The lowest BCUT2D eigenvalue weighted by atomic mass is 10.1. The van der Waals surface area contributed by atoms with Gasteiger partial charge in [0.25, 0.3) is 0 Å². The number of fused-ring (bicyclic) bond motifs is 1. The van der Waals surface area contributed by atoms with Gasteiger partial charge in [-0.2, -0.15) is 0 Å². The molecule has 11 heteroatoms. The van der Waals surface area contributed by atoms with E-state index in [4.69, 9.17) is 4.98 Å². The van der Waals surface area contributed by atoms with Gasteiger partial charge >= 0.3 is 0 Å². The van der Waals surface area contributed by atoms with Crippen molar-refractivity contribution in [1.29, 1.82) is 0 Å². The number of rotatable bonds is 9. The standard InChI is InChI=1S/C26H30FN5O3S2/c1-28-24-4-2-18(16-22(24)27)23-5-3-21-19(17-32(25(21)30-23)26-29-9-13-36-26)6-10-31(11-12-33)20-7-14-37(34,35)15-8-20/h2-5,9,13,16-17,20,28,33H,6-8,10-12,14-15H2,1H3. The molecule has 37 heavy (non-hydrogen) atoms. The van der Waals surface area contributed by atoms with E-state index in [-0.39, 0.29) is 30.0 Å². The average molecular weight is 544 g/mol. The van der Waals surface area contributed by atoms with Gasteiger partial charge in [0.2, 0.25) is 0 Å². The molecule has 0 atom stereocenters. The van der Waals surface area contributed by atoms with Crippen molar-refractivity contribution in [2.24, 2.45) is 0 Å². The summed E-state index contributed by atoms with van der Waals surface area (Å²) in [5.41, 5.74) is 3.63. The lowest BCUT2D eigenvalue weighted by molar-refractivity contribution is 0.143. The number of sulfone groups is 1. The largest absolute Gasteiger partial charge is 0.395 e. The molecule has 0 amide bonds. The first-order valence-electron chi connectivity index (χ1n) is 12.3. The molecule has 1 saturated heterocycles. The van der Waals surface area contributed by atoms with Crippen molar-refractivity contribution in [2.45, 2.75) is 25.3 Å². The van der Waals surface area contributed by atoms with Crippen LogP contribution in [0.2, 0.25) is 0 Å². The van der Waals surface area contributed by atoms with Crippen molar-refractivity contribution in [3.05, 3.63) is 59.5 Å². The monoisotopic (exact) mass is 543 g/mol. The second kappa shape index (κ2) is 10.9. The first kappa shape index (κ1) is 25.8. The molecule has 2 N–H and O–H groups in total. The smallest absolute Gasteiger partial charge is 0.195 e. The van der Waals surface area contributed by atoms with Crippen LogP contribution in [0.3, 0.4) is 0 Å². The molecule has 0 saturated carbocycles. The van der Waals surface area contributed by atoms with E-state index in [0.717, 1.165) is 21.7 Å². The highest BCUT2D eigenvalue weighted by molar-refractivity contribution is 7.91. The molecule has 0 unspecified atom stereocenters. The molecule has 1 aliphatic heterocycles. The fourth-order valence-corrected chi connectivity index (χ4v) is 7.08. The number of hydrogen-bond acceptors (Lipinski definition) is 8. The van der Waals surface area contributed by atoms with Crippen LogP contribution in [-0.4, -0.2) is 77.3 Å². The number of hydrogen-bond donors (Lipinski definition) is 2. The fraction of sp³-hybridized carbons (Fsp3) is 0.385. The Morgan fingerprint density at radius 3 is 2.70 bits per heavy atom. The zero-order valence-corrected chi connectivity index (χ0v) is 22.2. The van der Waals surface area contributed by atoms with Crippen molar-refractivity contribution >= 4 is 37.9 Å². The predicted octanol–water partition coefficient (Wildman–Crippen LogP) is 3.74. The predicted molar refractivity (Wildman–Crippen MR) is 146 cm³/mol. The number of nitrogens with zero attached hydrogens (tertiary/aromatic N) is 4. The Morgan fingerprint density at radius 1 is 1.22 bits per heavy atom. The minimum atomic E-state index is -2.95. The molecule has 4 aromatic rings. The van der Waals surface area contributed by atoms with Gasteiger partial charge in [-0.15, -0.1) is 11.3 Å². The number of anilines is 1. The van der Waals surface area contributed by atoms with E-state index < -0.39 is 9.84 Å². The molecular formula is C26H30FN5O3S2. The molecule has 1 aromatic carbocycles. The van der Waals surface area contributed by atoms with Crippen LogP contribution in [0.25, 0.3) is 27.4 Å². The summed E-state index contributed by atoms with van der Waals surface area (Å²) < 4.78 is 40.2. The highest BCUT2D eigenvalue weighted by atomic mass is 32.2. The SMILES string of the molecule is CNc1ccc(-c2ccc3c(CCN(CCO)C4CCS(=O)(=O)CC4)cn(-c4nccs4)c3n2)cc1F. The van der Waals surface area contributed by atoms with Gasteiger partial charge in [0, 0.05) is 54.9 Å². The summed E-state index contributed by atoms with van der Waals surface area (Å²) in [6.07, 6.45) is 5.70. The number of halogens is 1. The second-order valence-corrected chi connectivity index (χ2v) is 12.4. The summed E-state index contributed by atoms with van der Waals surface area (Å²) in [4.78, 5) is 11.6. The van der Waals surface area contributed by atoms with Crippen LogP contribution in [0.4, 0.5) is 10.1 Å². The summed E-state index contributed by atoms with van der Waals surface area (Å²) in [5.74, 6) is 0.0641. The van der Waals surface area contributed by atoms with E-state index in [2.05, 4.69) is 15.2 Å². The molecule has 0 bridgehead atoms. The Morgan fingerprint density at radius 2 is 2.03 bits per heavy atom. The normalized spacial score (nSPS) is 16.0. The van der Waals surface area contributed by atoms with Crippen LogP contribution in [0.1, 0.15) is 18.4 Å². The average Bonchev–Trinajstić information content (AvgIpc) is 3.54. The molecular weight excluding hydrogens is 513 g/mol. The number of aliphatic hydroxyl groups excluding tert-OH is 1. The van der Waals surface area contributed by atoms with Gasteiger partial charge in [0.15, 0.2) is 5.13 Å². The number of pyridine rings is 1. The van der Waals surface area contributed by atoms with E-state index >= 15 is 0 Å². The van der Waals surface area contributed by atoms with Gasteiger partial charge < -0.3 is 10.4 Å². The lowest BCUT2D eigenvalue weighted by Crippen LogP contribution is -2.43. The molecule has 0 spiro atoms. The van der Waals surface area contributed by atoms with E-state index in [1.807, 2.05) is 34.3 Å². The van der Waals surface area contributed by atoms with Crippen LogP contribution >= 0.6 is 11.3 Å². The van der Waals surface area contributed by atoms with Gasteiger partial charge in [0.05, 0.1) is 29.5 Å². The topological polar surface area (TPSA) is 100 Å². The highest BCUT2D eigenvalue weighted by Crippen LogP contribution is 2.30. The summed E-state index contributed by atoms with van der Waals surface area (Å²) in [7, 11) is -1.27. The number of aliphatic hydroxyl groups is 1. The molecule has 0 radical (unpaired) electrons. The highest BCUT2D eigenvalue weighted by Gasteiger charge is 2.28. The van der Waals surface area contributed by atoms with E-state index in [1.165, 1.54) is 17.4 Å². The molecule has 0 aliphatic carbocycles. The Bertz CT molecular complexity index is 1470. The summed E-state index contributed by atoms with van der Waals surface area (Å²) in [6, 6.07) is 9.09. The first-order chi connectivity index (χ1) is 17.9. The number of nitrogens with one attached hydrogen (secondary N) is 1. The quantitative estimate of drug-likeness (QED) is 0.332. The maximum atomic E-state index is 14.4. The zero-order valence-electron chi connectivity index (χ0n) is 20.6. The van der Waals surface area contributed by atoms with Gasteiger partial charge in [-0.1, -0.05) is 6.07 Å². The number of benzene rings is 1. The minimum Gasteiger partial charge on any atom is -0.395 e. The first-order valence-corrected chi connectivity index (χ1v) is 15.0. The van der Waals surface area contributed by atoms with E-state index in [1.54, 1.807) is 19.3 Å². The van der Waals surface area contributed by atoms with Crippen LogP contribution in [-0.2, 0) is 16.3 Å². The molecule has 4 heterocycles. The molecule has 5 rings (SSSR count). The van der Waals surface area contributed by atoms with Crippen LogP contribution in [0.5, 0.6) is 0 Å². The third kappa shape index (κ3) is 5.54. The van der Waals surface area contributed by atoms with Crippen LogP contribution < -0.4 is 5.32 Å². The van der Waals surface area contributed by atoms with E-state index in [0.29, 0.717) is 49.3 Å². The Kier molecular flexibility index (Phi) is 7.57. The molecule has 196 valence electrons. The summed E-state index contributed by atoms with van der Waals surface area (Å²) >= 11 is 1.51. The van der Waals surface area contributed by atoms with Gasteiger partial charge in [-0.05, 0) is 49.1 Å². The van der Waals surface area contributed by atoms with Crippen molar-refractivity contribution in [2.75, 3.05) is 43.6 Å². The minimum absolute atomic E-state index is 0.0257. The Balaban J connectivity index is 1.46. The van der Waals surface area contributed by atoms with Gasteiger partial charge in [0.1, 0.15) is 21.3 Å². The van der Waals surface area contributed by atoms with Crippen molar-refractivity contribution in [3.63, 3.8) is 0 Å². The number of aromatic nitrogens is 3. The maximum absolute atomic E-state index is 14.4. The molecule has 1 aliphatic rings. The fourth-order valence-electron chi connectivity index (χ4n) is 5.00. The molecule has 8 nitrogen and oxygen atoms in total. The second-order valence-electron chi connectivity index (χ2n) is 9.24. The third-order valence-electron chi connectivity index (χ3n) is 6.99. The van der Waals surface area contributed by atoms with Crippen molar-refractivity contribution in [3.8, 4) is 16.4 Å².